The van der Waals surface area contributed by atoms with E-state index in [0.717, 1.165) is 25.0 Å². The number of hydrogen-bond donors (Lipinski definition) is 13. The summed E-state index contributed by atoms with van der Waals surface area (Å²) >= 11 is 5.88. The van der Waals surface area contributed by atoms with Gasteiger partial charge in [0.2, 0.25) is 47.3 Å². The number of rotatable bonds is 27. The molecule has 10 amide bonds. The third-order valence-corrected chi connectivity index (χ3v) is 11.1. The molecule has 0 aliphatic carbocycles. The molecule has 7 atom stereocenters. The van der Waals surface area contributed by atoms with Crippen LogP contribution in [0.25, 0.3) is 0 Å². The fourth-order valence-electron chi connectivity index (χ4n) is 6.20. The minimum Gasteiger partial charge on any atom is -0.394 e. The van der Waals surface area contributed by atoms with Gasteiger partial charge in [0.15, 0.2) is 0 Å². The van der Waals surface area contributed by atoms with Crippen LogP contribution < -0.4 is 53.7 Å². The van der Waals surface area contributed by atoms with E-state index in [9.17, 15) is 48.3 Å². The summed E-state index contributed by atoms with van der Waals surface area (Å²) in [4.78, 5) is 110. The van der Waals surface area contributed by atoms with Gasteiger partial charge in [-0.1, -0.05) is 20.3 Å². The molecule has 0 radical (unpaired) electrons. The molecule has 0 aromatic rings. The van der Waals surface area contributed by atoms with Crippen LogP contribution in [0.4, 0.5) is 4.79 Å². The van der Waals surface area contributed by atoms with Crippen LogP contribution in [0.15, 0.2) is 0 Å². The molecule has 2 saturated heterocycles. The Morgan fingerprint density at radius 2 is 1.53 bits per heavy atom. The van der Waals surface area contributed by atoms with Crippen molar-refractivity contribution in [2.45, 2.75) is 107 Å². The van der Waals surface area contributed by atoms with Crippen LogP contribution in [-0.4, -0.2) is 137 Å². The van der Waals surface area contributed by atoms with Crippen molar-refractivity contribution in [1.82, 2.24) is 48.0 Å². The number of thiol groups is 1. The molecule has 0 saturated carbocycles. The highest BCUT2D eigenvalue weighted by molar-refractivity contribution is 8.00. The van der Waals surface area contributed by atoms with Crippen LogP contribution >= 0.6 is 24.4 Å². The lowest BCUT2D eigenvalue weighted by atomic mass is 9.92. The second-order valence-corrected chi connectivity index (χ2v) is 15.9. The summed E-state index contributed by atoms with van der Waals surface area (Å²) < 4.78 is 0. The molecule has 57 heavy (non-hydrogen) atoms. The first-order valence-corrected chi connectivity index (χ1v) is 20.6. The number of nitrogens with two attached hydrogens (primary N) is 1. The lowest BCUT2D eigenvalue weighted by molar-refractivity contribution is -0.137. The molecule has 322 valence electrons. The largest absolute Gasteiger partial charge is 0.394 e. The molecule has 21 nitrogen and oxygen atoms in total. The molecule has 1 unspecified atom stereocenters. The number of carbonyl (C=O) groups excluding carboxylic acids is 9. The first-order valence-electron chi connectivity index (χ1n) is 18.9. The number of unbranched alkanes of at least 4 members (excludes halogenated alkanes) is 2. The van der Waals surface area contributed by atoms with Crippen molar-refractivity contribution >= 4 is 77.7 Å². The number of thioether (sulfide) groups is 1. The maximum atomic E-state index is 12.8. The van der Waals surface area contributed by atoms with Gasteiger partial charge in [0, 0.05) is 42.1 Å². The zero-order chi connectivity index (χ0) is 42.5. The van der Waals surface area contributed by atoms with E-state index in [2.05, 4.69) is 55.2 Å². The summed E-state index contributed by atoms with van der Waals surface area (Å²) in [6.45, 7) is 2.01. The number of hydroxylamine groups is 1. The summed E-state index contributed by atoms with van der Waals surface area (Å²) in [5.74, 6) is -5.96. The molecule has 23 heteroatoms. The van der Waals surface area contributed by atoms with Gasteiger partial charge in [0.1, 0.15) is 18.1 Å². The predicted octanol–water partition coefficient (Wildman–Crippen LogP) is -3.35. The Bertz CT molecular complexity index is 1430. The second-order valence-electron chi connectivity index (χ2n) is 14.3. The Balaban J connectivity index is 1.65. The number of primary amides is 1. The first-order chi connectivity index (χ1) is 27.1. The van der Waals surface area contributed by atoms with Crippen molar-refractivity contribution in [3.05, 3.63) is 0 Å². The van der Waals surface area contributed by atoms with Gasteiger partial charge >= 0.3 is 6.03 Å². The third-order valence-electron chi connectivity index (χ3n) is 9.18. The molecule has 0 aromatic heterocycles. The number of urea groups is 1. The molecule has 13 N–H and O–H groups in total. The van der Waals surface area contributed by atoms with Crippen molar-refractivity contribution < 1.29 is 53.5 Å². The summed E-state index contributed by atoms with van der Waals surface area (Å²) in [7, 11) is 0. The van der Waals surface area contributed by atoms with Gasteiger partial charge in [-0.2, -0.15) is 24.4 Å². The fourth-order valence-corrected chi connectivity index (χ4v) is 8.00. The number of amides is 10. The van der Waals surface area contributed by atoms with E-state index in [-0.39, 0.29) is 55.0 Å². The van der Waals surface area contributed by atoms with Crippen LogP contribution in [0.3, 0.4) is 0 Å². The van der Waals surface area contributed by atoms with Gasteiger partial charge in [0.25, 0.3) is 0 Å². The number of hydrogen-bond acceptors (Lipinski definition) is 13. The van der Waals surface area contributed by atoms with E-state index in [4.69, 9.17) is 10.9 Å². The Hall–Kier alpha value is -4.35. The van der Waals surface area contributed by atoms with Gasteiger partial charge in [-0.25, -0.2) is 10.3 Å². The molecule has 0 bridgehead atoms. The fraction of sp³-hybridized carbons (Fsp3) is 0.735. The number of fused-ring (bicyclic) bond motifs is 1. The first kappa shape index (κ1) is 48.8. The van der Waals surface area contributed by atoms with Gasteiger partial charge in [0.05, 0.1) is 31.8 Å². The van der Waals surface area contributed by atoms with Crippen molar-refractivity contribution in [3.63, 3.8) is 0 Å². The monoisotopic (exact) mass is 846 g/mol. The summed E-state index contributed by atoms with van der Waals surface area (Å²) in [5.41, 5.74) is 6.88. The molecule has 2 heterocycles. The Labute approximate surface area is 340 Å². The zero-order valence-electron chi connectivity index (χ0n) is 32.2. The normalized spacial score (nSPS) is 19.1. The van der Waals surface area contributed by atoms with Crippen LogP contribution in [0.5, 0.6) is 0 Å². The zero-order valence-corrected chi connectivity index (χ0v) is 33.9. The van der Waals surface area contributed by atoms with Crippen LogP contribution in [0.1, 0.15) is 71.6 Å². The van der Waals surface area contributed by atoms with Gasteiger partial charge in [-0.3, -0.25) is 43.6 Å². The molecular weight excluding hydrogens is 789 g/mol. The Morgan fingerprint density at radius 3 is 2.18 bits per heavy atom. The number of carbonyl (C=O) groups is 9. The topological polar surface area (TPSA) is 328 Å². The summed E-state index contributed by atoms with van der Waals surface area (Å²) in [6, 6.07) is -3.63. The SMILES string of the molecule is CC(C)CC(CC(=O)NO)C(=O)N[C@@H](CO)C(=O)N[C@@H](CS)C(=O)NCC(=O)NCC(=O)N[C@@H](CCCCNC(=O)CCCC[C@@H]1SC[C@@H]2NC(=O)N[C@@H]21)C(N)=O. The van der Waals surface area contributed by atoms with Crippen LogP contribution in [0.2, 0.25) is 0 Å². The summed E-state index contributed by atoms with van der Waals surface area (Å²) in [5, 5.41) is 39.3. The highest BCUT2D eigenvalue weighted by atomic mass is 32.2. The van der Waals surface area contributed by atoms with E-state index in [1.807, 2.05) is 11.8 Å². The molecule has 2 fully saturated rings. The maximum absolute atomic E-state index is 12.8. The van der Waals surface area contributed by atoms with E-state index in [1.165, 1.54) is 5.48 Å². The van der Waals surface area contributed by atoms with Gasteiger partial charge < -0.3 is 53.4 Å². The van der Waals surface area contributed by atoms with Gasteiger partial charge in [-0.05, 0) is 44.4 Å². The average molecular weight is 847 g/mol. The van der Waals surface area contributed by atoms with E-state index < -0.39 is 85.1 Å². The van der Waals surface area contributed by atoms with E-state index in [1.54, 1.807) is 13.8 Å². The van der Waals surface area contributed by atoms with Gasteiger partial charge in [-0.15, -0.1) is 0 Å². The predicted molar refractivity (Wildman–Crippen MR) is 210 cm³/mol. The van der Waals surface area contributed by atoms with Crippen molar-refractivity contribution in [3.8, 4) is 0 Å². The Kier molecular flexibility index (Phi) is 22.1. The van der Waals surface area contributed by atoms with E-state index in [0.29, 0.717) is 31.1 Å². The van der Waals surface area contributed by atoms with Crippen LogP contribution in [0, 0.1) is 11.8 Å². The molecule has 0 aromatic carbocycles. The highest BCUT2D eigenvalue weighted by Crippen LogP contribution is 2.33. The van der Waals surface area contributed by atoms with Crippen LogP contribution in [-0.2, 0) is 38.4 Å². The average Bonchev–Trinajstić information content (AvgIpc) is 3.73. The standard InChI is InChI=1S/C34H58N10O11S2/c1-18(2)11-19(12-26(47)44-55)31(51)40-21(15-45)33(53)41-22(16-56)32(52)38-13-27(48)37-14-28(49)39-20(30(35)50)7-5-6-10-36-25(46)9-4-3-8-24-29-23(17-57-24)42-34(54)43-29/h18-24,29,45,55-56H,3-17H2,1-2H3,(H2,35,50)(H,36,46)(H,37,48)(H,38,52)(H,39,49)(H,40,51)(H,41,53)(H,44,47)(H2,42,43,54)/t19?,20-,21-,22-,23-,24-,29-/m0/s1. The second kappa shape index (κ2) is 25.8. The Morgan fingerprint density at radius 1 is 0.825 bits per heavy atom. The number of aliphatic hydroxyl groups excluding tert-OH is 1. The summed E-state index contributed by atoms with van der Waals surface area (Å²) in [6.07, 6.45) is 3.94. The minimum atomic E-state index is -1.50. The molecule has 2 aliphatic heterocycles. The number of nitrogens with one attached hydrogen (secondary N) is 9. The smallest absolute Gasteiger partial charge is 0.315 e. The van der Waals surface area contributed by atoms with Crippen molar-refractivity contribution in [2.75, 3.05) is 37.7 Å². The van der Waals surface area contributed by atoms with E-state index >= 15 is 0 Å². The molecule has 0 spiro atoms. The highest BCUT2D eigenvalue weighted by Gasteiger charge is 2.42. The van der Waals surface area contributed by atoms with Crippen molar-refractivity contribution in [2.24, 2.45) is 17.6 Å². The lowest BCUT2D eigenvalue weighted by Crippen LogP contribution is -2.57. The quantitative estimate of drug-likeness (QED) is 0.0127. The maximum Gasteiger partial charge on any atom is 0.315 e. The minimum absolute atomic E-state index is 0.0201. The number of aliphatic hydroxyl groups is 1. The molecule has 2 rings (SSSR count). The molecular formula is C34H58N10O11S2. The molecule has 2 aliphatic rings. The lowest BCUT2D eigenvalue weighted by Gasteiger charge is -2.23. The third kappa shape index (κ3) is 18.2. The van der Waals surface area contributed by atoms with Crippen molar-refractivity contribution in [1.29, 1.82) is 0 Å².